The van der Waals surface area contributed by atoms with E-state index in [4.69, 9.17) is 0 Å². The molecule has 2 aliphatic carbocycles. The molecule has 50 heavy (non-hydrogen) atoms. The Morgan fingerprint density at radius 1 is 0.840 bits per heavy atom. The van der Waals surface area contributed by atoms with E-state index in [1.54, 1.807) is 6.20 Å². The number of amides is 1. The van der Waals surface area contributed by atoms with Gasteiger partial charge in [-0.3, -0.25) is 14.6 Å². The minimum atomic E-state index is -0.139. The molecule has 5 aromatic rings. The van der Waals surface area contributed by atoms with Crippen molar-refractivity contribution in [3.05, 3.63) is 175 Å². The second-order valence-electron chi connectivity index (χ2n) is 13.1. The lowest BCUT2D eigenvalue weighted by Crippen LogP contribution is -2.28. The number of Topliss-reactive ketones (excluding diaryl/α,β-unsaturated/α-hetero) is 1. The number of ketones is 1. The van der Waals surface area contributed by atoms with E-state index in [1.165, 1.54) is 26.8 Å². The Morgan fingerprint density at radius 3 is 2.46 bits per heavy atom. The van der Waals surface area contributed by atoms with Gasteiger partial charge in [0.25, 0.3) is 5.91 Å². The molecule has 248 valence electrons. The number of hydrogen-bond donors (Lipinski definition) is 2. The summed E-state index contributed by atoms with van der Waals surface area (Å²) in [5, 5.41) is 11.1. The van der Waals surface area contributed by atoms with Crippen LogP contribution in [0.3, 0.4) is 0 Å². The van der Waals surface area contributed by atoms with Gasteiger partial charge in [0.05, 0.1) is 0 Å². The van der Waals surface area contributed by atoms with Gasteiger partial charge < -0.3 is 10.6 Å². The minimum absolute atomic E-state index is 0.0818. The molecule has 0 saturated carbocycles. The van der Waals surface area contributed by atoms with E-state index < -0.39 is 0 Å². The highest BCUT2D eigenvalue weighted by Gasteiger charge is 2.26. The Morgan fingerprint density at radius 2 is 1.62 bits per heavy atom. The van der Waals surface area contributed by atoms with Gasteiger partial charge >= 0.3 is 0 Å². The molecule has 2 N–H and O–H groups in total. The van der Waals surface area contributed by atoms with E-state index in [9.17, 15) is 9.59 Å². The van der Waals surface area contributed by atoms with Gasteiger partial charge in [0, 0.05) is 52.3 Å². The van der Waals surface area contributed by atoms with Crippen molar-refractivity contribution in [2.45, 2.75) is 52.4 Å². The molecular weight excluding hydrogens is 615 g/mol. The smallest absolute Gasteiger partial charge is 0.255 e. The average molecular weight is 656 g/mol. The van der Waals surface area contributed by atoms with Crippen LogP contribution in [0.1, 0.15) is 80.6 Å². The normalized spacial score (nSPS) is 15.0. The van der Waals surface area contributed by atoms with Gasteiger partial charge in [-0.1, -0.05) is 79.7 Å². The molecule has 0 radical (unpaired) electrons. The number of aliphatic imine (C=N–C) groups is 1. The number of nitrogens with zero attached hydrogens (tertiary/aromatic N) is 1. The maximum Gasteiger partial charge on any atom is 0.255 e. The number of hydrogen-bond acceptors (Lipinski definition) is 4. The zero-order valence-electron chi connectivity index (χ0n) is 28.8. The Labute approximate surface area is 293 Å². The standard InChI is InChI=1S/C36H33NO2.C9H8N2/c1-4-24-14-19-33(32-21-20-30-29-10-6-5-9-25(29)15-18-31(30)34(24)32)35(38)26-12-16-27(17-13-26)37-36(39)28-11-7-8-22(2)23(28)3;1-2-4-9-8(3-1)7-10-5-6-11-9/h5-13,15-17,20-21,24H,4,14,18-19H2,1-3H3,(H,37,39);1-7,11H. The Bertz CT molecular complexity index is 2400. The van der Waals surface area contributed by atoms with Crippen LogP contribution in [-0.4, -0.2) is 17.9 Å². The molecule has 1 heterocycles. The van der Waals surface area contributed by atoms with Crippen LogP contribution in [0.15, 0.2) is 121 Å². The van der Waals surface area contributed by atoms with E-state index in [2.05, 4.69) is 65.0 Å². The second kappa shape index (κ2) is 14.4. The lowest BCUT2D eigenvalue weighted by Gasteiger charge is -2.27. The molecule has 0 aromatic heterocycles. The number of rotatable bonds is 5. The molecule has 0 saturated heterocycles. The molecular formula is C45H41N3O2. The molecule has 0 spiro atoms. The Hall–Kier alpha value is -5.81. The molecule has 5 heteroatoms. The van der Waals surface area contributed by atoms with Gasteiger partial charge in [0.15, 0.2) is 5.78 Å². The van der Waals surface area contributed by atoms with Crippen LogP contribution in [0.25, 0.3) is 11.6 Å². The number of nitrogens with one attached hydrogen (secondary N) is 2. The van der Waals surface area contributed by atoms with Gasteiger partial charge in [0.2, 0.25) is 0 Å². The highest BCUT2D eigenvalue weighted by molar-refractivity contribution is 6.24. The molecule has 0 fully saturated rings. The van der Waals surface area contributed by atoms with Crippen LogP contribution in [0.4, 0.5) is 11.4 Å². The zero-order valence-corrected chi connectivity index (χ0v) is 28.8. The van der Waals surface area contributed by atoms with Crippen LogP contribution in [0, 0.1) is 24.3 Å². The van der Waals surface area contributed by atoms with Crippen LogP contribution in [0.5, 0.6) is 0 Å². The highest BCUT2D eigenvalue weighted by atomic mass is 16.1. The number of para-hydroxylation sites is 1. The number of carbonyl (C=O) groups excluding carboxylic acids is 2. The van der Waals surface area contributed by atoms with Crippen LogP contribution in [0.2, 0.25) is 0 Å². The van der Waals surface area contributed by atoms with Gasteiger partial charge in [0.1, 0.15) is 0 Å². The SMILES string of the molecule is C1=CNc2ccccc2C=N1.CCC1CCC(C(=O)c2ccc(NC(=O)c3cccc(C)c3C)cc2)=c2ccc3c(c21)CC=c1ccccc1=3. The molecule has 0 bridgehead atoms. The molecule has 1 aliphatic heterocycles. The summed E-state index contributed by atoms with van der Waals surface area (Å²) >= 11 is 0. The summed E-state index contributed by atoms with van der Waals surface area (Å²) in [7, 11) is 0. The third-order valence-electron chi connectivity index (χ3n) is 10.2. The molecule has 8 rings (SSSR count). The summed E-state index contributed by atoms with van der Waals surface area (Å²) in [4.78, 5) is 30.7. The van der Waals surface area contributed by atoms with Crippen LogP contribution >= 0.6 is 0 Å². The quantitative estimate of drug-likeness (QED) is 0.187. The van der Waals surface area contributed by atoms with E-state index >= 15 is 0 Å². The zero-order chi connectivity index (χ0) is 34.6. The van der Waals surface area contributed by atoms with Crippen molar-refractivity contribution in [3.63, 3.8) is 0 Å². The fraction of sp³-hybridized carbons (Fsp3) is 0.178. The maximum atomic E-state index is 13.8. The lowest BCUT2D eigenvalue weighted by molar-refractivity contribution is 0.102. The summed E-state index contributed by atoms with van der Waals surface area (Å²) in [6.07, 6.45) is 11.5. The van der Waals surface area contributed by atoms with Gasteiger partial charge in [-0.25, -0.2) is 0 Å². The molecule has 1 unspecified atom stereocenters. The van der Waals surface area contributed by atoms with Crippen molar-refractivity contribution in [1.82, 2.24) is 0 Å². The first-order valence-electron chi connectivity index (χ1n) is 17.4. The molecule has 5 aromatic carbocycles. The van der Waals surface area contributed by atoms with Gasteiger partial charge in [-0.05, 0) is 125 Å². The predicted molar refractivity (Wildman–Crippen MR) is 205 cm³/mol. The molecule has 3 aliphatic rings. The third-order valence-corrected chi connectivity index (χ3v) is 10.2. The van der Waals surface area contributed by atoms with Crippen molar-refractivity contribution in [2.75, 3.05) is 10.6 Å². The largest absolute Gasteiger partial charge is 0.360 e. The van der Waals surface area contributed by atoms with E-state index in [0.29, 0.717) is 22.7 Å². The highest BCUT2D eigenvalue weighted by Crippen LogP contribution is 2.34. The lowest BCUT2D eigenvalue weighted by atomic mass is 9.77. The number of anilines is 2. The third kappa shape index (κ3) is 6.47. The Balaban J connectivity index is 0.000000302. The molecule has 1 amide bonds. The average Bonchev–Trinajstić information content (AvgIpc) is 3.41. The second-order valence-corrected chi connectivity index (χ2v) is 13.1. The first kappa shape index (κ1) is 32.7. The first-order valence-corrected chi connectivity index (χ1v) is 17.4. The fourth-order valence-corrected chi connectivity index (χ4v) is 7.35. The predicted octanol–water partition coefficient (Wildman–Crippen LogP) is 8.50. The summed E-state index contributed by atoms with van der Waals surface area (Å²) in [5.74, 6) is 0.408. The number of fused-ring (bicyclic) bond motifs is 5. The van der Waals surface area contributed by atoms with Crippen LogP contribution in [-0.2, 0) is 6.42 Å². The van der Waals surface area contributed by atoms with Crippen LogP contribution < -0.4 is 21.1 Å². The first-order chi connectivity index (χ1) is 24.4. The molecule has 5 nitrogen and oxygen atoms in total. The summed E-state index contributed by atoms with van der Waals surface area (Å²) in [6.45, 7) is 6.22. The van der Waals surface area contributed by atoms with Crippen molar-refractivity contribution in [1.29, 1.82) is 0 Å². The number of carbonyl (C=O) groups is 2. The van der Waals surface area contributed by atoms with Crippen molar-refractivity contribution < 1.29 is 9.59 Å². The number of benzene rings is 5. The topological polar surface area (TPSA) is 70.6 Å². The minimum Gasteiger partial charge on any atom is -0.360 e. The Kier molecular flexibility index (Phi) is 9.39. The van der Waals surface area contributed by atoms with E-state index in [0.717, 1.165) is 58.9 Å². The van der Waals surface area contributed by atoms with Crippen molar-refractivity contribution in [3.8, 4) is 0 Å². The maximum absolute atomic E-state index is 13.8. The summed E-state index contributed by atoms with van der Waals surface area (Å²) < 4.78 is 0. The monoisotopic (exact) mass is 655 g/mol. The van der Waals surface area contributed by atoms with Gasteiger partial charge in [-0.15, -0.1) is 0 Å². The molecule has 1 atom stereocenters. The summed E-state index contributed by atoms with van der Waals surface area (Å²) in [6, 6.07) is 34.1. The van der Waals surface area contributed by atoms with E-state index in [1.807, 2.05) is 93.0 Å². The van der Waals surface area contributed by atoms with Gasteiger partial charge in [-0.2, -0.15) is 0 Å². The number of aryl methyl sites for hydroxylation is 1. The fourth-order valence-electron chi connectivity index (χ4n) is 7.35. The summed E-state index contributed by atoms with van der Waals surface area (Å²) in [5.41, 5.74) is 9.94. The van der Waals surface area contributed by atoms with E-state index in [-0.39, 0.29) is 11.7 Å². The van der Waals surface area contributed by atoms with Crippen molar-refractivity contribution in [2.24, 2.45) is 4.99 Å². The van der Waals surface area contributed by atoms with Crippen molar-refractivity contribution >= 4 is 40.9 Å².